The van der Waals surface area contributed by atoms with Gasteiger partial charge in [-0.15, -0.1) is 0 Å². The standard InChI is InChI=1S/C16H24ClN3O3S/c1-19(2)10-8-18-16(21)20-9-4-7-15(12-20)24(22,23)14-6-3-5-13(17)11-14/h3,5-6,11,15H,4,7-10,12H2,1-2H3,(H,18,21). The molecule has 1 aromatic carbocycles. The molecule has 8 heteroatoms. The van der Waals surface area contributed by atoms with Gasteiger partial charge in [0, 0.05) is 31.2 Å². The van der Waals surface area contributed by atoms with Crippen molar-refractivity contribution in [2.75, 3.05) is 40.3 Å². The van der Waals surface area contributed by atoms with E-state index in [0.29, 0.717) is 31.0 Å². The molecule has 0 aromatic heterocycles. The van der Waals surface area contributed by atoms with Crippen molar-refractivity contribution in [1.29, 1.82) is 0 Å². The Morgan fingerprint density at radius 1 is 1.42 bits per heavy atom. The zero-order chi connectivity index (χ0) is 17.7. The summed E-state index contributed by atoms with van der Waals surface area (Å²) in [5.41, 5.74) is 0. The summed E-state index contributed by atoms with van der Waals surface area (Å²) in [6.45, 7) is 2.07. The molecule has 0 spiro atoms. The first-order valence-corrected chi connectivity index (χ1v) is 9.90. The van der Waals surface area contributed by atoms with Gasteiger partial charge < -0.3 is 15.1 Å². The molecule has 1 aliphatic heterocycles. The van der Waals surface area contributed by atoms with E-state index in [4.69, 9.17) is 11.6 Å². The third kappa shape index (κ3) is 4.84. The van der Waals surface area contributed by atoms with Crippen molar-refractivity contribution in [3.05, 3.63) is 29.3 Å². The highest BCUT2D eigenvalue weighted by atomic mass is 35.5. The molecule has 1 aromatic rings. The van der Waals surface area contributed by atoms with E-state index < -0.39 is 15.1 Å². The van der Waals surface area contributed by atoms with Crippen LogP contribution in [0.15, 0.2) is 29.2 Å². The highest BCUT2D eigenvalue weighted by Crippen LogP contribution is 2.25. The number of amides is 2. The van der Waals surface area contributed by atoms with E-state index >= 15 is 0 Å². The Morgan fingerprint density at radius 2 is 2.17 bits per heavy atom. The molecule has 2 amide bonds. The van der Waals surface area contributed by atoms with E-state index in [-0.39, 0.29) is 17.5 Å². The molecule has 6 nitrogen and oxygen atoms in total. The number of halogens is 1. The quantitative estimate of drug-likeness (QED) is 0.855. The van der Waals surface area contributed by atoms with Gasteiger partial charge in [0.25, 0.3) is 0 Å². The summed E-state index contributed by atoms with van der Waals surface area (Å²) in [7, 11) is 0.363. The maximum atomic E-state index is 12.8. The summed E-state index contributed by atoms with van der Waals surface area (Å²) in [5.74, 6) is 0. The van der Waals surface area contributed by atoms with Crippen molar-refractivity contribution in [3.8, 4) is 0 Å². The van der Waals surface area contributed by atoms with Crippen LogP contribution in [0.3, 0.4) is 0 Å². The lowest BCUT2D eigenvalue weighted by Gasteiger charge is -2.32. The highest BCUT2D eigenvalue weighted by molar-refractivity contribution is 7.92. The number of carbonyl (C=O) groups is 1. The van der Waals surface area contributed by atoms with E-state index in [2.05, 4.69) is 5.32 Å². The van der Waals surface area contributed by atoms with Crippen molar-refractivity contribution < 1.29 is 13.2 Å². The highest BCUT2D eigenvalue weighted by Gasteiger charge is 2.33. The van der Waals surface area contributed by atoms with Crippen LogP contribution in [0.5, 0.6) is 0 Å². The molecule has 1 atom stereocenters. The van der Waals surface area contributed by atoms with Gasteiger partial charge in [-0.05, 0) is 45.1 Å². The number of nitrogens with one attached hydrogen (secondary N) is 1. The first-order valence-electron chi connectivity index (χ1n) is 7.97. The Kier molecular flexibility index (Phi) is 6.48. The number of sulfone groups is 1. The van der Waals surface area contributed by atoms with Gasteiger partial charge in [-0.1, -0.05) is 17.7 Å². The van der Waals surface area contributed by atoms with Crippen LogP contribution in [0, 0.1) is 0 Å². The minimum absolute atomic E-state index is 0.206. The van der Waals surface area contributed by atoms with Crippen molar-refractivity contribution in [2.45, 2.75) is 23.0 Å². The number of likely N-dealkylation sites (tertiary alicyclic amines) is 1. The van der Waals surface area contributed by atoms with Crippen molar-refractivity contribution >= 4 is 27.5 Å². The third-order valence-corrected chi connectivity index (χ3v) is 6.47. The summed E-state index contributed by atoms with van der Waals surface area (Å²) >= 11 is 5.91. The lowest BCUT2D eigenvalue weighted by Crippen LogP contribution is -2.49. The molecule has 2 rings (SSSR count). The Balaban J connectivity index is 2.03. The molecule has 1 heterocycles. The second kappa shape index (κ2) is 8.18. The average molecular weight is 374 g/mol. The van der Waals surface area contributed by atoms with Crippen LogP contribution < -0.4 is 5.32 Å². The van der Waals surface area contributed by atoms with Gasteiger partial charge in [-0.3, -0.25) is 0 Å². The molecular formula is C16H24ClN3O3S. The molecule has 0 saturated carbocycles. The van der Waals surface area contributed by atoms with Gasteiger partial charge in [-0.25, -0.2) is 13.2 Å². The predicted octanol–water partition coefficient (Wildman–Crippen LogP) is 1.85. The Labute approximate surface area is 148 Å². The maximum absolute atomic E-state index is 12.8. The van der Waals surface area contributed by atoms with E-state index in [9.17, 15) is 13.2 Å². The topological polar surface area (TPSA) is 69.7 Å². The fraction of sp³-hybridized carbons (Fsp3) is 0.562. The summed E-state index contributed by atoms with van der Waals surface area (Å²) in [6, 6.07) is 6.09. The third-order valence-electron chi connectivity index (χ3n) is 4.06. The molecule has 1 aliphatic rings. The smallest absolute Gasteiger partial charge is 0.317 e. The maximum Gasteiger partial charge on any atom is 0.317 e. The van der Waals surface area contributed by atoms with Crippen molar-refractivity contribution in [2.24, 2.45) is 0 Å². The largest absolute Gasteiger partial charge is 0.337 e. The van der Waals surface area contributed by atoms with E-state index in [1.54, 1.807) is 23.1 Å². The number of carbonyl (C=O) groups excluding carboxylic acids is 1. The zero-order valence-electron chi connectivity index (χ0n) is 14.0. The molecule has 1 fully saturated rings. The zero-order valence-corrected chi connectivity index (χ0v) is 15.6. The summed E-state index contributed by atoms with van der Waals surface area (Å²) in [5, 5.41) is 2.63. The minimum atomic E-state index is -3.50. The lowest BCUT2D eigenvalue weighted by molar-refractivity contribution is 0.186. The molecule has 24 heavy (non-hydrogen) atoms. The lowest BCUT2D eigenvalue weighted by atomic mass is 10.1. The van der Waals surface area contributed by atoms with E-state index in [1.165, 1.54) is 6.07 Å². The molecule has 1 saturated heterocycles. The number of piperidine rings is 1. The Bertz CT molecular complexity index is 679. The molecule has 1 N–H and O–H groups in total. The number of nitrogens with zero attached hydrogens (tertiary/aromatic N) is 2. The fourth-order valence-corrected chi connectivity index (χ4v) is 4.76. The number of hydrogen-bond acceptors (Lipinski definition) is 4. The van der Waals surface area contributed by atoms with Crippen LogP contribution in [-0.2, 0) is 9.84 Å². The van der Waals surface area contributed by atoms with Crippen molar-refractivity contribution in [1.82, 2.24) is 15.1 Å². The fourth-order valence-electron chi connectivity index (χ4n) is 2.71. The number of hydrogen-bond donors (Lipinski definition) is 1. The molecule has 0 radical (unpaired) electrons. The second-order valence-corrected chi connectivity index (χ2v) is 8.91. The first-order chi connectivity index (χ1) is 11.3. The van der Waals surface area contributed by atoms with Crippen LogP contribution in [0.2, 0.25) is 5.02 Å². The number of benzene rings is 1. The van der Waals surface area contributed by atoms with Gasteiger partial charge in [-0.2, -0.15) is 0 Å². The number of urea groups is 1. The van der Waals surface area contributed by atoms with Gasteiger partial charge in [0.05, 0.1) is 10.1 Å². The first kappa shape index (κ1) is 19.0. The molecule has 0 bridgehead atoms. The normalized spacial score (nSPS) is 18.7. The van der Waals surface area contributed by atoms with E-state index in [0.717, 1.165) is 6.54 Å². The minimum Gasteiger partial charge on any atom is -0.337 e. The van der Waals surface area contributed by atoms with Gasteiger partial charge in [0.15, 0.2) is 9.84 Å². The predicted molar refractivity (Wildman–Crippen MR) is 95.2 cm³/mol. The SMILES string of the molecule is CN(C)CCNC(=O)N1CCCC(S(=O)(=O)c2cccc(Cl)c2)C1. The van der Waals surface area contributed by atoms with Gasteiger partial charge in [0.2, 0.25) is 0 Å². The summed E-state index contributed by atoms with van der Waals surface area (Å²) in [6.07, 6.45) is 1.22. The monoisotopic (exact) mass is 373 g/mol. The molecule has 134 valence electrons. The molecular weight excluding hydrogens is 350 g/mol. The van der Waals surface area contributed by atoms with Gasteiger partial charge >= 0.3 is 6.03 Å². The van der Waals surface area contributed by atoms with Crippen molar-refractivity contribution in [3.63, 3.8) is 0 Å². The van der Waals surface area contributed by atoms with Crippen LogP contribution >= 0.6 is 11.6 Å². The summed E-state index contributed by atoms with van der Waals surface area (Å²) < 4.78 is 25.6. The number of rotatable bonds is 5. The molecule has 0 aliphatic carbocycles. The summed E-state index contributed by atoms with van der Waals surface area (Å²) in [4.78, 5) is 16.0. The Morgan fingerprint density at radius 3 is 2.83 bits per heavy atom. The van der Waals surface area contributed by atoms with Crippen LogP contribution in [0.1, 0.15) is 12.8 Å². The van der Waals surface area contributed by atoms with Crippen LogP contribution in [0.25, 0.3) is 0 Å². The van der Waals surface area contributed by atoms with Crippen LogP contribution in [-0.4, -0.2) is 69.8 Å². The number of likely N-dealkylation sites (N-methyl/N-ethyl adjacent to an activating group) is 1. The second-order valence-electron chi connectivity index (χ2n) is 6.25. The molecule has 1 unspecified atom stereocenters. The van der Waals surface area contributed by atoms with Gasteiger partial charge in [0.1, 0.15) is 0 Å². The average Bonchev–Trinajstić information content (AvgIpc) is 2.54. The Hall–Kier alpha value is -1.31. The van der Waals surface area contributed by atoms with E-state index in [1.807, 2.05) is 19.0 Å². The van der Waals surface area contributed by atoms with Crippen LogP contribution in [0.4, 0.5) is 4.79 Å².